The van der Waals surface area contributed by atoms with Gasteiger partial charge in [-0.15, -0.1) is 11.3 Å². The summed E-state index contributed by atoms with van der Waals surface area (Å²) in [6.45, 7) is 0. The van der Waals surface area contributed by atoms with E-state index in [2.05, 4.69) is 20.5 Å². The summed E-state index contributed by atoms with van der Waals surface area (Å²) in [5.41, 5.74) is 3.61. The van der Waals surface area contributed by atoms with Gasteiger partial charge in [-0.1, -0.05) is 0 Å². The number of hydrogen-bond donors (Lipinski definition) is 1. The Bertz CT molecular complexity index is 252. The first-order valence-electron chi connectivity index (χ1n) is 2.78. The van der Waals surface area contributed by atoms with Gasteiger partial charge in [0.1, 0.15) is 5.69 Å². The van der Waals surface area contributed by atoms with E-state index in [4.69, 9.17) is 0 Å². The maximum atomic E-state index is 4.03. The summed E-state index contributed by atoms with van der Waals surface area (Å²) in [7, 11) is 0. The van der Waals surface area contributed by atoms with Gasteiger partial charge in [-0.3, -0.25) is 0 Å². The highest BCUT2D eigenvalue weighted by Crippen LogP contribution is 2.12. The maximum Gasteiger partial charge on any atom is 0.156 e. The quantitative estimate of drug-likeness (QED) is 0.666. The summed E-state index contributed by atoms with van der Waals surface area (Å²) in [4.78, 5) is 10.9. The molecular formula is C6H4N3S. The van der Waals surface area contributed by atoms with Crippen LogP contribution in [0.2, 0.25) is 0 Å². The molecule has 0 bridgehead atoms. The van der Waals surface area contributed by atoms with Gasteiger partial charge in [0.15, 0.2) is 11.3 Å². The lowest BCUT2D eigenvalue weighted by molar-refractivity contribution is 1.25. The predicted octanol–water partition coefficient (Wildman–Crippen LogP) is 1.33. The summed E-state index contributed by atoms with van der Waals surface area (Å²) in [6.07, 6.45) is 3.48. The molecule has 1 N–H and O–H groups in total. The SMILES string of the molecule is [c]1nc(-c2ncc[nH]2)cs1. The van der Waals surface area contributed by atoms with Crippen molar-refractivity contribution in [3.05, 3.63) is 23.3 Å². The average Bonchev–Trinajstić information content (AvgIpc) is 2.59. The molecule has 0 amide bonds. The van der Waals surface area contributed by atoms with Crippen LogP contribution in [0.25, 0.3) is 11.5 Å². The normalized spacial score (nSPS) is 10.0. The van der Waals surface area contributed by atoms with Crippen LogP contribution >= 0.6 is 11.3 Å². The van der Waals surface area contributed by atoms with E-state index in [0.29, 0.717) is 0 Å². The van der Waals surface area contributed by atoms with Crippen molar-refractivity contribution in [2.24, 2.45) is 0 Å². The standard InChI is InChI=1S/C6H4N3S/c1-2-8-6(7-1)5-3-10-4-9-5/h1-3H,(H,7,8). The minimum Gasteiger partial charge on any atom is -0.343 e. The molecule has 2 rings (SSSR count). The number of aromatic amines is 1. The summed E-state index contributed by atoms with van der Waals surface area (Å²) < 4.78 is 0. The summed E-state index contributed by atoms with van der Waals surface area (Å²) in [6, 6.07) is 0. The average molecular weight is 150 g/mol. The summed E-state index contributed by atoms with van der Waals surface area (Å²) in [5.74, 6) is 0.803. The number of H-pyrrole nitrogens is 1. The molecule has 4 heteroatoms. The second-order valence-corrected chi connectivity index (χ2v) is 2.42. The molecule has 0 aromatic carbocycles. The van der Waals surface area contributed by atoms with Crippen molar-refractivity contribution >= 4 is 11.3 Å². The molecule has 3 nitrogen and oxygen atoms in total. The predicted molar refractivity (Wildman–Crippen MR) is 38.5 cm³/mol. The molecule has 0 unspecified atom stereocenters. The van der Waals surface area contributed by atoms with E-state index in [1.54, 1.807) is 12.4 Å². The minimum atomic E-state index is 0.803. The molecule has 0 saturated carbocycles. The van der Waals surface area contributed by atoms with Gasteiger partial charge in [0, 0.05) is 17.8 Å². The molecule has 2 heterocycles. The second kappa shape index (κ2) is 2.22. The zero-order valence-electron chi connectivity index (χ0n) is 5.03. The highest BCUT2D eigenvalue weighted by atomic mass is 32.1. The first kappa shape index (κ1) is 5.61. The van der Waals surface area contributed by atoms with Crippen molar-refractivity contribution in [2.45, 2.75) is 0 Å². The first-order valence-corrected chi connectivity index (χ1v) is 3.66. The van der Waals surface area contributed by atoms with Gasteiger partial charge in [-0.2, -0.15) is 0 Å². The van der Waals surface area contributed by atoms with Crippen molar-refractivity contribution in [1.82, 2.24) is 15.0 Å². The zero-order chi connectivity index (χ0) is 6.81. The van der Waals surface area contributed by atoms with Crippen LogP contribution in [-0.2, 0) is 0 Å². The van der Waals surface area contributed by atoms with Gasteiger partial charge in [-0.25, -0.2) is 9.97 Å². The fraction of sp³-hybridized carbons (Fsp3) is 0. The molecule has 0 spiro atoms. The highest BCUT2D eigenvalue weighted by Gasteiger charge is 1.99. The van der Waals surface area contributed by atoms with Crippen molar-refractivity contribution in [2.75, 3.05) is 0 Å². The molecule has 0 aliphatic rings. The van der Waals surface area contributed by atoms with Crippen LogP contribution in [0.4, 0.5) is 0 Å². The molecule has 10 heavy (non-hydrogen) atoms. The Morgan fingerprint density at radius 2 is 2.60 bits per heavy atom. The molecule has 2 aromatic rings. The number of imidazole rings is 1. The zero-order valence-corrected chi connectivity index (χ0v) is 5.85. The van der Waals surface area contributed by atoms with E-state index in [0.717, 1.165) is 11.5 Å². The minimum absolute atomic E-state index is 0.803. The van der Waals surface area contributed by atoms with Gasteiger partial charge in [-0.05, 0) is 0 Å². The molecular weight excluding hydrogens is 146 g/mol. The number of thiazole rings is 1. The number of nitrogens with one attached hydrogen (secondary N) is 1. The van der Waals surface area contributed by atoms with Gasteiger partial charge in [0.2, 0.25) is 0 Å². The molecule has 49 valence electrons. The Hall–Kier alpha value is -1.16. The summed E-state index contributed by atoms with van der Waals surface area (Å²) in [5, 5.41) is 1.90. The lowest BCUT2D eigenvalue weighted by Gasteiger charge is -1.83. The third-order valence-electron chi connectivity index (χ3n) is 1.13. The highest BCUT2D eigenvalue weighted by molar-refractivity contribution is 7.07. The van der Waals surface area contributed by atoms with Crippen LogP contribution in [0.1, 0.15) is 0 Å². The molecule has 0 atom stereocenters. The Kier molecular flexibility index (Phi) is 1.25. The third kappa shape index (κ3) is 0.823. The van der Waals surface area contributed by atoms with Crippen LogP contribution in [0, 0.1) is 5.51 Å². The fourth-order valence-electron chi connectivity index (χ4n) is 0.698. The van der Waals surface area contributed by atoms with Crippen molar-refractivity contribution < 1.29 is 0 Å². The third-order valence-corrected chi connectivity index (χ3v) is 1.67. The smallest absolute Gasteiger partial charge is 0.156 e. The van der Waals surface area contributed by atoms with E-state index in [-0.39, 0.29) is 0 Å². The van der Waals surface area contributed by atoms with Crippen LogP contribution in [-0.4, -0.2) is 15.0 Å². The van der Waals surface area contributed by atoms with E-state index in [9.17, 15) is 0 Å². The van der Waals surface area contributed by atoms with Crippen LogP contribution in [0.5, 0.6) is 0 Å². The first-order chi connectivity index (χ1) is 4.97. The lowest BCUT2D eigenvalue weighted by atomic mass is 10.5. The topological polar surface area (TPSA) is 41.6 Å². The number of nitrogens with zero attached hydrogens (tertiary/aromatic N) is 2. The molecule has 0 aliphatic carbocycles. The fourth-order valence-corrected chi connectivity index (χ4v) is 1.18. The maximum absolute atomic E-state index is 4.03. The van der Waals surface area contributed by atoms with Gasteiger partial charge >= 0.3 is 0 Å². The monoisotopic (exact) mass is 150 g/mol. The van der Waals surface area contributed by atoms with E-state index in [1.165, 1.54) is 11.3 Å². The van der Waals surface area contributed by atoms with Gasteiger partial charge in [0.05, 0.1) is 0 Å². The van der Waals surface area contributed by atoms with Gasteiger partial charge < -0.3 is 4.98 Å². The van der Waals surface area contributed by atoms with Crippen LogP contribution in [0.3, 0.4) is 0 Å². The van der Waals surface area contributed by atoms with E-state index >= 15 is 0 Å². The van der Waals surface area contributed by atoms with Gasteiger partial charge in [0.25, 0.3) is 0 Å². The van der Waals surface area contributed by atoms with E-state index in [1.807, 2.05) is 5.38 Å². The van der Waals surface area contributed by atoms with Crippen molar-refractivity contribution in [3.8, 4) is 11.5 Å². The molecule has 1 radical (unpaired) electrons. The number of hydrogen-bond acceptors (Lipinski definition) is 3. The second-order valence-electron chi connectivity index (χ2n) is 1.76. The Morgan fingerprint density at radius 3 is 3.20 bits per heavy atom. The largest absolute Gasteiger partial charge is 0.343 e. The Morgan fingerprint density at radius 1 is 1.60 bits per heavy atom. The Balaban J connectivity index is 2.48. The molecule has 2 aromatic heterocycles. The van der Waals surface area contributed by atoms with Crippen LogP contribution < -0.4 is 0 Å². The Labute approximate surface area is 61.8 Å². The van der Waals surface area contributed by atoms with Crippen LogP contribution in [0.15, 0.2) is 17.8 Å². The number of aromatic nitrogens is 3. The van der Waals surface area contributed by atoms with E-state index < -0.39 is 0 Å². The molecule has 0 fully saturated rings. The number of rotatable bonds is 1. The molecule has 0 aliphatic heterocycles. The lowest BCUT2D eigenvalue weighted by Crippen LogP contribution is -1.77. The summed E-state index contributed by atoms with van der Waals surface area (Å²) >= 11 is 1.44. The van der Waals surface area contributed by atoms with Crippen molar-refractivity contribution in [3.63, 3.8) is 0 Å². The van der Waals surface area contributed by atoms with Crippen molar-refractivity contribution in [1.29, 1.82) is 0 Å². The molecule has 0 saturated heterocycles.